The summed E-state index contributed by atoms with van der Waals surface area (Å²) in [4.78, 5) is 80.1. The Morgan fingerprint density at radius 1 is 0.580 bits per heavy atom. The zero-order valence-electron chi connectivity index (χ0n) is 37.2. The van der Waals surface area contributed by atoms with Gasteiger partial charge in [0.2, 0.25) is 29.1 Å². The van der Waals surface area contributed by atoms with Crippen molar-refractivity contribution in [3.05, 3.63) is 172 Å². The molecule has 0 aliphatic rings. The number of nitro groups is 1. The number of anilines is 1. The second-order valence-electron chi connectivity index (χ2n) is 16.5. The van der Waals surface area contributed by atoms with Crippen molar-refractivity contribution in [1.29, 1.82) is 0 Å². The van der Waals surface area contributed by atoms with E-state index in [1.165, 1.54) is 36.4 Å². The number of hydrogen-bond donors (Lipinski definition) is 7. The fourth-order valence-corrected chi connectivity index (χ4v) is 7.89. The molecule has 1 heterocycles. The molecule has 0 fully saturated rings. The van der Waals surface area contributed by atoms with E-state index in [-0.39, 0.29) is 54.6 Å². The number of carboxylic acid groups (broad SMARTS) is 1. The van der Waals surface area contributed by atoms with Crippen LogP contribution in [0.25, 0.3) is 21.8 Å². The smallest absolute Gasteiger partial charge is 0.326 e. The molecule has 0 saturated carbocycles. The Morgan fingerprint density at radius 3 is 1.77 bits per heavy atom. The van der Waals surface area contributed by atoms with Crippen molar-refractivity contribution in [2.75, 3.05) is 11.9 Å². The Labute approximate surface area is 395 Å². The maximum atomic E-state index is 14.5. The first-order valence-corrected chi connectivity index (χ1v) is 22.3. The molecule has 354 valence electrons. The number of benzene rings is 6. The largest absolute Gasteiger partial charge is 0.508 e. The summed E-state index contributed by atoms with van der Waals surface area (Å²) >= 11 is 0. The molecule has 0 spiro atoms. The number of carbonyl (C=O) groups excluding carboxylic acids is 4. The first-order chi connectivity index (χ1) is 33.4. The van der Waals surface area contributed by atoms with Crippen LogP contribution in [0.5, 0.6) is 5.75 Å². The van der Waals surface area contributed by atoms with Crippen molar-refractivity contribution < 1.29 is 43.7 Å². The van der Waals surface area contributed by atoms with E-state index in [0.717, 1.165) is 21.9 Å². The molecule has 0 radical (unpaired) electrons. The maximum absolute atomic E-state index is 14.5. The van der Waals surface area contributed by atoms with Gasteiger partial charge < -0.3 is 36.8 Å². The quantitative estimate of drug-likeness (QED) is 0.0235. The Kier molecular flexibility index (Phi) is 16.2. The standard InChI is InChI=1S/C51H50N8O10/c60-38-22-19-34(20-23-38)30-43(51(65)66)56-48(62)40(17-9-10-26-52-39-24-25-44(59(67)68)47-46(39)57-69-58-47)54-50(64)42(29-33-13-5-2-6-14-33)55-49(63)41(28-32-11-3-1-4-12-32)53-45(61)31-35-18-21-36-15-7-8-16-37(36)27-35/h1-8,11-16,18-25,27,40-43,52,60H,9-10,17,26,28-31H2,(H,53,61)(H,54,64)(H,55,63)(H,56,62)(H,65,66)/t40-,41-,42-,43-/m1/s1. The number of unbranched alkanes of at least 4 members (excludes halogenated alkanes) is 1. The topological polar surface area (TPSA) is 268 Å². The van der Waals surface area contributed by atoms with Gasteiger partial charge in [-0.1, -0.05) is 115 Å². The van der Waals surface area contributed by atoms with E-state index in [1.807, 2.05) is 72.8 Å². The molecule has 4 amide bonds. The molecule has 18 heteroatoms. The number of carbonyl (C=O) groups is 5. The molecule has 6 aromatic carbocycles. The predicted molar refractivity (Wildman–Crippen MR) is 256 cm³/mol. The molecule has 7 aromatic rings. The van der Waals surface area contributed by atoms with Crippen LogP contribution in [0.1, 0.15) is 41.5 Å². The summed E-state index contributed by atoms with van der Waals surface area (Å²) in [6.45, 7) is 0.294. The minimum atomic E-state index is -1.42. The summed E-state index contributed by atoms with van der Waals surface area (Å²) in [6.07, 6.45) is 0.706. The molecule has 18 nitrogen and oxygen atoms in total. The van der Waals surface area contributed by atoms with Gasteiger partial charge in [0.1, 0.15) is 29.9 Å². The Balaban J connectivity index is 1.09. The van der Waals surface area contributed by atoms with E-state index in [1.54, 1.807) is 30.3 Å². The fraction of sp³-hybridized carbons (Fsp3) is 0.235. The van der Waals surface area contributed by atoms with Gasteiger partial charge in [-0.25, -0.2) is 9.42 Å². The summed E-state index contributed by atoms with van der Waals surface area (Å²) < 4.78 is 4.75. The predicted octanol–water partition coefficient (Wildman–Crippen LogP) is 5.57. The van der Waals surface area contributed by atoms with Crippen molar-refractivity contribution in [3.63, 3.8) is 0 Å². The number of non-ortho nitro benzene ring substituents is 1. The summed E-state index contributed by atoms with van der Waals surface area (Å²) in [5.41, 5.74) is 2.99. The third kappa shape index (κ3) is 13.5. The van der Waals surface area contributed by atoms with Gasteiger partial charge in [0.05, 0.1) is 17.0 Å². The van der Waals surface area contributed by atoms with E-state index in [0.29, 0.717) is 36.2 Å². The molecule has 0 unspecified atom stereocenters. The third-order valence-corrected chi connectivity index (χ3v) is 11.5. The van der Waals surface area contributed by atoms with E-state index in [9.17, 15) is 44.3 Å². The van der Waals surface area contributed by atoms with Crippen molar-refractivity contribution >= 4 is 62.8 Å². The van der Waals surface area contributed by atoms with Crippen molar-refractivity contribution in [3.8, 4) is 5.75 Å². The minimum absolute atomic E-state index is 0.00101. The lowest BCUT2D eigenvalue weighted by Gasteiger charge is -2.26. The number of phenolic OH excluding ortho intramolecular Hbond substituents is 1. The number of fused-ring (bicyclic) bond motifs is 2. The number of nitro benzene ring substituents is 1. The number of aromatic nitrogens is 2. The van der Waals surface area contributed by atoms with Crippen molar-refractivity contribution in [2.45, 2.75) is 69.1 Å². The summed E-state index contributed by atoms with van der Waals surface area (Å²) in [6, 6.07) is 35.0. The second kappa shape index (κ2) is 23.2. The highest BCUT2D eigenvalue weighted by molar-refractivity contribution is 5.96. The lowest BCUT2D eigenvalue weighted by atomic mass is 10.0. The van der Waals surface area contributed by atoms with Crippen LogP contribution in [-0.4, -0.2) is 85.8 Å². The van der Waals surface area contributed by atoms with Gasteiger partial charge in [0, 0.05) is 31.9 Å². The monoisotopic (exact) mass is 934 g/mol. The van der Waals surface area contributed by atoms with Crippen LogP contribution in [-0.2, 0) is 49.7 Å². The first kappa shape index (κ1) is 48.3. The molecule has 7 rings (SSSR count). The molecule has 0 aliphatic carbocycles. The van der Waals surface area contributed by atoms with E-state index in [2.05, 4.69) is 36.9 Å². The lowest BCUT2D eigenvalue weighted by Crippen LogP contribution is -2.58. The second-order valence-corrected chi connectivity index (χ2v) is 16.5. The molecule has 69 heavy (non-hydrogen) atoms. The van der Waals surface area contributed by atoms with Crippen LogP contribution in [0.15, 0.2) is 144 Å². The number of nitrogens with zero attached hydrogens (tertiary/aromatic N) is 3. The number of aliphatic carboxylic acids is 1. The van der Waals surface area contributed by atoms with Gasteiger partial charge in [-0.3, -0.25) is 29.3 Å². The Bertz CT molecular complexity index is 2910. The number of amides is 4. The summed E-state index contributed by atoms with van der Waals surface area (Å²) in [5.74, 6) is -3.92. The highest BCUT2D eigenvalue weighted by Gasteiger charge is 2.32. The van der Waals surface area contributed by atoms with Crippen molar-refractivity contribution in [2.24, 2.45) is 0 Å². The average Bonchev–Trinajstić information content (AvgIpc) is 3.84. The van der Waals surface area contributed by atoms with E-state index in [4.69, 9.17) is 4.63 Å². The van der Waals surface area contributed by atoms with E-state index < -0.39 is 58.7 Å². The zero-order valence-corrected chi connectivity index (χ0v) is 37.2. The van der Waals surface area contributed by atoms with Gasteiger partial charge in [0.25, 0.3) is 0 Å². The van der Waals surface area contributed by atoms with Crippen LogP contribution in [0, 0.1) is 10.1 Å². The molecule has 7 N–H and O–H groups in total. The maximum Gasteiger partial charge on any atom is 0.326 e. The van der Waals surface area contributed by atoms with E-state index >= 15 is 0 Å². The molecular formula is C51H50N8O10. The molecule has 0 aliphatic heterocycles. The van der Waals surface area contributed by atoms with Gasteiger partial charge >= 0.3 is 11.7 Å². The fourth-order valence-electron chi connectivity index (χ4n) is 7.89. The normalized spacial score (nSPS) is 12.8. The Morgan fingerprint density at radius 2 is 1.12 bits per heavy atom. The van der Waals surface area contributed by atoms with Crippen LogP contribution >= 0.6 is 0 Å². The minimum Gasteiger partial charge on any atom is -0.508 e. The van der Waals surface area contributed by atoms with Crippen molar-refractivity contribution in [1.82, 2.24) is 31.6 Å². The van der Waals surface area contributed by atoms with Gasteiger partial charge in [-0.2, -0.15) is 0 Å². The van der Waals surface area contributed by atoms with Gasteiger partial charge in [0.15, 0.2) is 5.52 Å². The summed E-state index contributed by atoms with van der Waals surface area (Å²) in [5, 5.41) is 55.1. The van der Waals surface area contributed by atoms with Gasteiger partial charge in [-0.15, -0.1) is 0 Å². The molecular weight excluding hydrogens is 885 g/mol. The third-order valence-electron chi connectivity index (χ3n) is 11.5. The first-order valence-electron chi connectivity index (χ1n) is 22.3. The number of hydrogen-bond acceptors (Lipinski definition) is 12. The zero-order chi connectivity index (χ0) is 48.7. The molecule has 1 aromatic heterocycles. The summed E-state index contributed by atoms with van der Waals surface area (Å²) in [7, 11) is 0. The van der Waals surface area contributed by atoms with Crippen LogP contribution in [0.3, 0.4) is 0 Å². The van der Waals surface area contributed by atoms with Crippen LogP contribution < -0.4 is 26.6 Å². The Hall–Kier alpha value is -8.67. The lowest BCUT2D eigenvalue weighted by molar-refractivity contribution is -0.383. The molecule has 0 bridgehead atoms. The van der Waals surface area contributed by atoms with Crippen LogP contribution in [0.4, 0.5) is 11.4 Å². The number of nitrogens with one attached hydrogen (secondary N) is 5. The number of rotatable bonds is 23. The van der Waals surface area contributed by atoms with Gasteiger partial charge in [-0.05, 0) is 80.8 Å². The number of phenols is 1. The highest BCUT2D eigenvalue weighted by Crippen LogP contribution is 2.29. The SMILES string of the molecule is O=C(Cc1ccc2ccccc2c1)N[C@H](Cc1ccccc1)C(=O)N[C@H](Cc1ccccc1)C(=O)N[C@H](CCCCNc1ccc([N+](=O)[O-])c2nonc12)C(=O)N[C@H](Cc1ccc(O)cc1)C(=O)O. The molecule has 0 saturated heterocycles. The highest BCUT2D eigenvalue weighted by atomic mass is 16.6. The number of aromatic hydroxyl groups is 1. The number of carboxylic acids is 1. The average molecular weight is 935 g/mol. The molecule has 4 atom stereocenters. The van der Waals surface area contributed by atoms with Crippen LogP contribution in [0.2, 0.25) is 0 Å².